The summed E-state index contributed by atoms with van der Waals surface area (Å²) in [5.74, 6) is -0.811. The summed E-state index contributed by atoms with van der Waals surface area (Å²) in [4.78, 5) is 33.1. The number of aliphatic hydroxyl groups excluding tert-OH is 1. The van der Waals surface area contributed by atoms with Crippen molar-refractivity contribution in [3.8, 4) is 11.5 Å². The molecule has 0 saturated carbocycles. The van der Waals surface area contributed by atoms with Crippen LogP contribution in [0.15, 0.2) is 66.2 Å². The summed E-state index contributed by atoms with van der Waals surface area (Å²) in [6.07, 6.45) is 0.825. The number of aryl methyl sites for hydroxylation is 1. The molecule has 1 fully saturated rings. The molecule has 1 aliphatic rings. The molecule has 7 nitrogen and oxygen atoms in total. The van der Waals surface area contributed by atoms with Gasteiger partial charge in [0.15, 0.2) is 16.6 Å². The standard InChI is InChI=1S/C30H27ClN2O5S/c1-4-14-38-22-13-9-19(16-23(22)37-5-2)26-25(27(34)18-7-10-20(31)11-8-18)28(35)29(36)33(26)30-32-21-12-6-17(3)15-24(21)39-30/h6-13,15-16,26,34H,4-5,14H2,1-3H3/b27-25+. The largest absolute Gasteiger partial charge is 0.507 e. The molecule has 2 heterocycles. The third-order valence-electron chi connectivity index (χ3n) is 6.35. The van der Waals surface area contributed by atoms with E-state index in [9.17, 15) is 14.7 Å². The van der Waals surface area contributed by atoms with Crippen LogP contribution in [0.1, 0.15) is 43.0 Å². The van der Waals surface area contributed by atoms with E-state index in [0.717, 1.165) is 22.2 Å². The summed E-state index contributed by atoms with van der Waals surface area (Å²) in [6, 6.07) is 16.6. The number of anilines is 1. The summed E-state index contributed by atoms with van der Waals surface area (Å²) in [6.45, 7) is 6.77. The SMILES string of the molecule is CCCOc1ccc(C2/C(=C(\O)c3ccc(Cl)cc3)C(=O)C(=O)N2c2nc3ccc(C)cc3s2)cc1OCC. The predicted octanol–water partition coefficient (Wildman–Crippen LogP) is 7.07. The van der Waals surface area contributed by atoms with Crippen LogP contribution in [-0.2, 0) is 9.59 Å². The van der Waals surface area contributed by atoms with Crippen LogP contribution in [0.3, 0.4) is 0 Å². The lowest BCUT2D eigenvalue weighted by Gasteiger charge is -2.24. The molecule has 1 aliphatic heterocycles. The van der Waals surface area contributed by atoms with Crippen molar-refractivity contribution in [2.45, 2.75) is 33.2 Å². The molecule has 1 aromatic heterocycles. The Balaban J connectivity index is 1.71. The van der Waals surface area contributed by atoms with Gasteiger partial charge in [-0.3, -0.25) is 14.5 Å². The number of halogens is 1. The van der Waals surface area contributed by atoms with Gasteiger partial charge in [-0.05, 0) is 79.9 Å². The van der Waals surface area contributed by atoms with E-state index >= 15 is 0 Å². The average molecular weight is 563 g/mol. The first-order valence-electron chi connectivity index (χ1n) is 12.7. The van der Waals surface area contributed by atoms with E-state index in [1.807, 2.05) is 39.0 Å². The second kappa shape index (κ2) is 11.1. The number of benzene rings is 3. The van der Waals surface area contributed by atoms with Crippen LogP contribution in [0.5, 0.6) is 11.5 Å². The summed E-state index contributed by atoms with van der Waals surface area (Å²) in [5, 5.41) is 12.2. The molecule has 1 N–H and O–H groups in total. The van der Waals surface area contributed by atoms with Crippen LogP contribution in [0, 0.1) is 6.92 Å². The number of aliphatic hydroxyl groups is 1. The smallest absolute Gasteiger partial charge is 0.301 e. The van der Waals surface area contributed by atoms with Crippen molar-refractivity contribution in [3.05, 3.63) is 87.9 Å². The van der Waals surface area contributed by atoms with Crippen molar-refractivity contribution in [1.82, 2.24) is 4.98 Å². The van der Waals surface area contributed by atoms with Crippen LogP contribution >= 0.6 is 22.9 Å². The van der Waals surface area contributed by atoms with Gasteiger partial charge in [-0.1, -0.05) is 42.0 Å². The lowest BCUT2D eigenvalue weighted by molar-refractivity contribution is -0.132. The summed E-state index contributed by atoms with van der Waals surface area (Å²) in [5.41, 5.74) is 2.69. The molecule has 200 valence electrons. The minimum absolute atomic E-state index is 0.0394. The van der Waals surface area contributed by atoms with Gasteiger partial charge in [0, 0.05) is 10.6 Å². The number of Topliss-reactive ketones (excluding diaryl/α,β-unsaturated/α-hetero) is 1. The van der Waals surface area contributed by atoms with Crippen molar-refractivity contribution in [3.63, 3.8) is 0 Å². The number of rotatable bonds is 8. The maximum atomic E-state index is 13.6. The zero-order valence-corrected chi connectivity index (χ0v) is 23.3. The molecule has 0 aliphatic carbocycles. The van der Waals surface area contributed by atoms with Crippen molar-refractivity contribution in [2.75, 3.05) is 18.1 Å². The highest BCUT2D eigenvalue weighted by atomic mass is 35.5. The third-order valence-corrected chi connectivity index (χ3v) is 7.62. The Labute approximate surface area is 235 Å². The van der Waals surface area contributed by atoms with E-state index in [0.29, 0.717) is 46.0 Å². The maximum absolute atomic E-state index is 13.6. The lowest BCUT2D eigenvalue weighted by Crippen LogP contribution is -2.29. The Morgan fingerprint density at radius 2 is 1.79 bits per heavy atom. The minimum Gasteiger partial charge on any atom is -0.507 e. The molecule has 1 amide bonds. The van der Waals surface area contributed by atoms with Crippen LogP contribution in [0.2, 0.25) is 5.02 Å². The van der Waals surface area contributed by atoms with Gasteiger partial charge in [0.2, 0.25) is 0 Å². The van der Waals surface area contributed by atoms with Crippen molar-refractivity contribution < 1.29 is 24.2 Å². The molecule has 0 radical (unpaired) electrons. The lowest BCUT2D eigenvalue weighted by atomic mass is 9.95. The topological polar surface area (TPSA) is 89.0 Å². The summed E-state index contributed by atoms with van der Waals surface area (Å²) < 4.78 is 12.6. The molecule has 39 heavy (non-hydrogen) atoms. The number of amides is 1. The summed E-state index contributed by atoms with van der Waals surface area (Å²) >= 11 is 7.36. The Hall–Kier alpha value is -3.88. The Bertz CT molecular complexity index is 1590. The van der Waals surface area contributed by atoms with E-state index in [-0.39, 0.29) is 11.3 Å². The zero-order chi connectivity index (χ0) is 27.7. The number of ether oxygens (including phenoxy) is 2. The molecule has 4 aromatic rings. The van der Waals surface area contributed by atoms with E-state index in [4.69, 9.17) is 21.1 Å². The number of thiazole rings is 1. The first-order valence-corrected chi connectivity index (χ1v) is 13.9. The van der Waals surface area contributed by atoms with Gasteiger partial charge in [0.25, 0.3) is 5.78 Å². The fourth-order valence-electron chi connectivity index (χ4n) is 4.53. The molecule has 3 aromatic carbocycles. The van der Waals surface area contributed by atoms with Crippen molar-refractivity contribution in [2.24, 2.45) is 0 Å². The number of hydrogen-bond acceptors (Lipinski definition) is 7. The minimum atomic E-state index is -0.943. The molecule has 0 spiro atoms. The van der Waals surface area contributed by atoms with Crippen molar-refractivity contribution >= 4 is 55.7 Å². The monoisotopic (exact) mass is 562 g/mol. The molecule has 1 atom stereocenters. The van der Waals surface area contributed by atoms with Crippen LogP contribution in [-0.4, -0.2) is 35.0 Å². The predicted molar refractivity (Wildman–Crippen MR) is 154 cm³/mol. The molecular formula is C30H27ClN2O5S. The fraction of sp³-hybridized carbons (Fsp3) is 0.233. The number of ketones is 1. The second-order valence-corrected chi connectivity index (χ2v) is 10.6. The summed E-state index contributed by atoms with van der Waals surface area (Å²) in [7, 11) is 0. The van der Waals surface area contributed by atoms with E-state index in [2.05, 4.69) is 4.98 Å². The number of carbonyl (C=O) groups is 2. The number of aromatic nitrogens is 1. The highest BCUT2D eigenvalue weighted by Crippen LogP contribution is 2.46. The Kier molecular flexibility index (Phi) is 7.59. The van der Waals surface area contributed by atoms with Gasteiger partial charge in [0.05, 0.1) is 35.0 Å². The highest BCUT2D eigenvalue weighted by molar-refractivity contribution is 7.22. The fourth-order valence-corrected chi connectivity index (χ4v) is 5.74. The third kappa shape index (κ3) is 5.10. The Morgan fingerprint density at radius 3 is 2.51 bits per heavy atom. The van der Waals surface area contributed by atoms with Gasteiger partial charge in [-0.15, -0.1) is 0 Å². The zero-order valence-electron chi connectivity index (χ0n) is 21.7. The van der Waals surface area contributed by atoms with Gasteiger partial charge in [-0.2, -0.15) is 0 Å². The number of nitrogens with zero attached hydrogens (tertiary/aromatic N) is 2. The normalized spacial score (nSPS) is 16.7. The number of hydrogen-bond donors (Lipinski definition) is 1. The first-order chi connectivity index (χ1) is 18.8. The Morgan fingerprint density at radius 1 is 1.03 bits per heavy atom. The molecule has 0 bridgehead atoms. The van der Waals surface area contributed by atoms with Crippen LogP contribution in [0.25, 0.3) is 16.0 Å². The first kappa shape index (κ1) is 26.7. The van der Waals surface area contributed by atoms with Gasteiger partial charge >= 0.3 is 5.91 Å². The average Bonchev–Trinajstić information content (AvgIpc) is 3.45. The van der Waals surface area contributed by atoms with Gasteiger partial charge < -0.3 is 14.6 Å². The van der Waals surface area contributed by atoms with Gasteiger partial charge in [0.1, 0.15) is 5.76 Å². The van der Waals surface area contributed by atoms with E-state index < -0.39 is 17.7 Å². The molecule has 9 heteroatoms. The molecule has 5 rings (SSSR count). The van der Waals surface area contributed by atoms with E-state index in [1.165, 1.54) is 16.2 Å². The van der Waals surface area contributed by atoms with E-state index in [1.54, 1.807) is 42.5 Å². The maximum Gasteiger partial charge on any atom is 0.301 e. The van der Waals surface area contributed by atoms with Crippen LogP contribution < -0.4 is 14.4 Å². The molecule has 1 unspecified atom stereocenters. The quantitative estimate of drug-likeness (QED) is 0.140. The van der Waals surface area contributed by atoms with Crippen molar-refractivity contribution in [1.29, 1.82) is 0 Å². The number of fused-ring (bicyclic) bond motifs is 1. The molecule has 1 saturated heterocycles. The molecular weight excluding hydrogens is 536 g/mol. The second-order valence-electron chi connectivity index (χ2n) is 9.13. The highest BCUT2D eigenvalue weighted by Gasteiger charge is 2.48. The van der Waals surface area contributed by atoms with Crippen LogP contribution in [0.4, 0.5) is 5.13 Å². The van der Waals surface area contributed by atoms with Gasteiger partial charge in [-0.25, -0.2) is 4.98 Å². The number of carbonyl (C=O) groups excluding carboxylic acids is 2.